The minimum absolute atomic E-state index is 0.370. The summed E-state index contributed by atoms with van der Waals surface area (Å²) in [7, 11) is -3.95. The van der Waals surface area contributed by atoms with Gasteiger partial charge in [-0.15, -0.1) is 0 Å². The van der Waals surface area contributed by atoms with Gasteiger partial charge in [-0.3, -0.25) is 0 Å². The summed E-state index contributed by atoms with van der Waals surface area (Å²) in [5, 5.41) is 0.370. The lowest BCUT2D eigenvalue weighted by Crippen LogP contribution is -2.18. The van der Waals surface area contributed by atoms with Crippen molar-refractivity contribution in [3.63, 3.8) is 0 Å². The summed E-state index contributed by atoms with van der Waals surface area (Å²) in [5.74, 6) is 0. The van der Waals surface area contributed by atoms with Gasteiger partial charge in [0, 0.05) is 5.56 Å². The molecule has 0 aliphatic carbocycles. The Morgan fingerprint density at radius 1 is 0.654 bits per heavy atom. The molecule has 150 valence electrons. The van der Waals surface area contributed by atoms with Crippen LogP contribution in [0.2, 0.25) is 0 Å². The van der Waals surface area contributed by atoms with Crippen LogP contribution < -0.4 is 5.30 Å². The molecule has 0 spiro atoms. The van der Waals surface area contributed by atoms with Gasteiger partial charge >= 0.3 is 7.94 Å². The Balaban J connectivity index is 2.63. The molecule has 1 rings (SSSR count). The predicted molar refractivity (Wildman–Crippen MR) is 114 cm³/mol. The first-order valence-electron chi connectivity index (χ1n) is 10.7. The maximum absolute atomic E-state index is 9.86. The Morgan fingerprint density at radius 3 is 1.69 bits per heavy atom. The molecule has 0 fully saturated rings. The minimum Gasteiger partial charge on any atom is -0.189 e. The second-order valence-corrected chi connectivity index (χ2v) is 9.14. The molecule has 0 aromatic heterocycles. The number of unbranched alkanes of at least 4 members (excludes halogenated alkanes) is 10. The van der Waals surface area contributed by atoms with Gasteiger partial charge in [0.05, 0.1) is 0 Å². The van der Waals surface area contributed by atoms with Gasteiger partial charge in [0.2, 0.25) is 0 Å². The molecule has 0 aliphatic heterocycles. The van der Waals surface area contributed by atoms with Gasteiger partial charge in [0.15, 0.2) is 5.30 Å². The number of benzene rings is 1. The zero-order valence-electron chi connectivity index (χ0n) is 16.9. The van der Waals surface area contributed by atoms with E-state index in [1.165, 1.54) is 69.8 Å². The summed E-state index contributed by atoms with van der Waals surface area (Å²) < 4.78 is 0. The van der Waals surface area contributed by atoms with Crippen LogP contribution in [0.5, 0.6) is 0 Å². The summed E-state index contributed by atoms with van der Waals surface area (Å²) in [6.45, 7) is 4.45. The molecule has 0 heterocycles. The lowest BCUT2D eigenvalue weighted by molar-refractivity contribution is 0.346. The third-order valence-corrected chi connectivity index (χ3v) is 6.22. The Hall–Kier alpha value is -0.470. The molecule has 0 amide bonds. The Kier molecular flexibility index (Phi) is 12.4. The van der Waals surface area contributed by atoms with E-state index in [0.29, 0.717) is 5.30 Å². The molecule has 4 heteroatoms. The maximum Gasteiger partial charge on any atom is 0.441 e. The average Bonchev–Trinajstić information content (AvgIpc) is 2.60. The summed E-state index contributed by atoms with van der Waals surface area (Å²) in [6.07, 6.45) is 16.6. The predicted octanol–water partition coefficient (Wildman–Crippen LogP) is 5.86. The van der Waals surface area contributed by atoms with Crippen LogP contribution in [0.1, 0.15) is 102 Å². The zero-order chi connectivity index (χ0) is 19.3. The standard InChI is InChI=1S/C22H40O3P/c1-3-5-7-9-11-13-16-20-17-15-19-22(26(23,24)25)21(20)18-14-12-10-8-6-4-2/h15,17,19,23-25H,3-14,16,18H2,1-2H3/q+1. The van der Waals surface area contributed by atoms with E-state index in [9.17, 15) is 14.7 Å². The fourth-order valence-electron chi connectivity index (χ4n) is 3.60. The molecule has 3 nitrogen and oxygen atoms in total. The highest BCUT2D eigenvalue weighted by molar-refractivity contribution is 7.66. The monoisotopic (exact) mass is 383 g/mol. The van der Waals surface area contributed by atoms with Crippen molar-refractivity contribution in [2.75, 3.05) is 0 Å². The fraction of sp³-hybridized carbons (Fsp3) is 0.727. The van der Waals surface area contributed by atoms with Gasteiger partial charge in [-0.05, 0) is 37.3 Å². The smallest absolute Gasteiger partial charge is 0.189 e. The molecule has 26 heavy (non-hydrogen) atoms. The van der Waals surface area contributed by atoms with E-state index in [0.717, 1.165) is 31.2 Å². The van der Waals surface area contributed by atoms with Crippen LogP contribution in [0, 0.1) is 0 Å². The molecular formula is C22H40O3P+. The first kappa shape index (κ1) is 23.6. The highest BCUT2D eigenvalue weighted by Crippen LogP contribution is 2.44. The van der Waals surface area contributed by atoms with Gasteiger partial charge in [-0.25, -0.2) is 0 Å². The van der Waals surface area contributed by atoms with E-state index < -0.39 is 7.94 Å². The van der Waals surface area contributed by atoms with Gasteiger partial charge in [-0.1, -0.05) is 90.2 Å². The van der Waals surface area contributed by atoms with Crippen molar-refractivity contribution in [1.82, 2.24) is 0 Å². The van der Waals surface area contributed by atoms with Crippen LogP contribution in [0.4, 0.5) is 0 Å². The molecule has 0 atom stereocenters. The summed E-state index contributed by atoms with van der Waals surface area (Å²) in [4.78, 5) is 29.6. The van der Waals surface area contributed by atoms with Crippen molar-refractivity contribution in [2.45, 2.75) is 104 Å². The van der Waals surface area contributed by atoms with Crippen LogP contribution in [0.3, 0.4) is 0 Å². The number of rotatable bonds is 15. The van der Waals surface area contributed by atoms with Gasteiger partial charge in [0.25, 0.3) is 0 Å². The molecular weight excluding hydrogens is 343 g/mol. The molecule has 0 saturated heterocycles. The van der Waals surface area contributed by atoms with Gasteiger partial charge in [0.1, 0.15) is 0 Å². The summed E-state index contributed by atoms with van der Waals surface area (Å²) in [5.41, 5.74) is 2.17. The summed E-state index contributed by atoms with van der Waals surface area (Å²) in [6, 6.07) is 5.63. The van der Waals surface area contributed by atoms with E-state index in [1.807, 2.05) is 6.07 Å². The molecule has 0 unspecified atom stereocenters. The highest BCUT2D eigenvalue weighted by Gasteiger charge is 2.37. The topological polar surface area (TPSA) is 60.7 Å². The molecule has 0 radical (unpaired) electrons. The second-order valence-electron chi connectivity index (χ2n) is 7.52. The number of hydrogen-bond donors (Lipinski definition) is 3. The van der Waals surface area contributed by atoms with E-state index >= 15 is 0 Å². The van der Waals surface area contributed by atoms with E-state index in [4.69, 9.17) is 0 Å². The van der Waals surface area contributed by atoms with Crippen LogP contribution in [0.25, 0.3) is 0 Å². The average molecular weight is 384 g/mol. The van der Waals surface area contributed by atoms with E-state index in [1.54, 1.807) is 6.07 Å². The maximum atomic E-state index is 9.86. The largest absolute Gasteiger partial charge is 0.441 e. The van der Waals surface area contributed by atoms with E-state index in [2.05, 4.69) is 19.9 Å². The van der Waals surface area contributed by atoms with Crippen molar-refractivity contribution in [1.29, 1.82) is 0 Å². The third-order valence-electron chi connectivity index (χ3n) is 5.15. The van der Waals surface area contributed by atoms with Crippen molar-refractivity contribution in [2.24, 2.45) is 0 Å². The minimum atomic E-state index is -3.95. The van der Waals surface area contributed by atoms with Gasteiger partial charge < -0.3 is 0 Å². The van der Waals surface area contributed by atoms with Crippen molar-refractivity contribution in [3.8, 4) is 0 Å². The highest BCUT2D eigenvalue weighted by atomic mass is 31.2. The number of aryl methyl sites for hydroxylation is 1. The van der Waals surface area contributed by atoms with Crippen LogP contribution >= 0.6 is 7.94 Å². The van der Waals surface area contributed by atoms with Crippen molar-refractivity contribution < 1.29 is 14.7 Å². The second kappa shape index (κ2) is 13.7. The first-order valence-corrected chi connectivity index (χ1v) is 12.3. The zero-order valence-corrected chi connectivity index (χ0v) is 17.8. The Labute approximate surface area is 161 Å². The van der Waals surface area contributed by atoms with Crippen molar-refractivity contribution >= 4 is 13.2 Å². The normalized spacial score (nSPS) is 11.9. The molecule has 0 bridgehead atoms. The third kappa shape index (κ3) is 9.46. The number of hydrogen-bond acceptors (Lipinski definition) is 3. The van der Waals surface area contributed by atoms with Crippen molar-refractivity contribution in [3.05, 3.63) is 29.3 Å². The van der Waals surface area contributed by atoms with E-state index in [-0.39, 0.29) is 0 Å². The lowest BCUT2D eigenvalue weighted by Gasteiger charge is -2.14. The molecule has 1 aromatic carbocycles. The van der Waals surface area contributed by atoms with Gasteiger partial charge in [-0.2, -0.15) is 14.7 Å². The summed E-state index contributed by atoms with van der Waals surface area (Å²) >= 11 is 0. The fourth-order valence-corrected chi connectivity index (χ4v) is 4.51. The van der Waals surface area contributed by atoms with Crippen LogP contribution in [-0.4, -0.2) is 14.7 Å². The quantitative estimate of drug-likeness (QED) is 0.263. The Morgan fingerprint density at radius 2 is 1.15 bits per heavy atom. The molecule has 0 aliphatic rings. The molecule has 3 N–H and O–H groups in total. The van der Waals surface area contributed by atoms with Crippen LogP contribution in [0.15, 0.2) is 18.2 Å². The lowest BCUT2D eigenvalue weighted by atomic mass is 9.96. The SMILES string of the molecule is CCCCCCCCc1cccc([P+](O)(O)O)c1CCCCCCCC. The molecule has 1 aromatic rings. The molecule has 0 saturated carbocycles. The van der Waals surface area contributed by atoms with Crippen LogP contribution in [-0.2, 0) is 12.8 Å². The Bertz CT molecular complexity index is 483. The first-order chi connectivity index (χ1) is 12.5.